The number of aromatic nitrogens is 3. The third-order valence-electron chi connectivity index (χ3n) is 6.41. The SMILES string of the molecule is O=C(O)Cn1cc(-c2nc3ccccc3n(C3CC4CCCC(C3)N4)c2=O)ccc1=O. The topological polar surface area (TPSA) is 106 Å². The van der Waals surface area contributed by atoms with Crippen molar-refractivity contribution in [1.82, 2.24) is 19.4 Å². The molecule has 3 aromatic rings. The highest BCUT2D eigenvalue weighted by Crippen LogP contribution is 2.34. The first-order valence-corrected chi connectivity index (χ1v) is 10.7. The molecule has 0 radical (unpaired) electrons. The fourth-order valence-electron chi connectivity index (χ4n) is 5.09. The molecule has 2 fully saturated rings. The number of piperidine rings is 2. The summed E-state index contributed by atoms with van der Waals surface area (Å²) in [5.74, 6) is -1.12. The molecule has 160 valence electrons. The van der Waals surface area contributed by atoms with Gasteiger partial charge in [-0.3, -0.25) is 14.4 Å². The second kappa shape index (κ2) is 7.77. The lowest BCUT2D eigenvalue weighted by molar-refractivity contribution is -0.137. The molecule has 1 aromatic carbocycles. The van der Waals surface area contributed by atoms with E-state index in [9.17, 15) is 14.4 Å². The second-order valence-electron chi connectivity index (χ2n) is 8.52. The van der Waals surface area contributed by atoms with Crippen molar-refractivity contribution < 1.29 is 9.90 Å². The molecule has 8 heteroatoms. The van der Waals surface area contributed by atoms with E-state index in [-0.39, 0.29) is 17.3 Å². The summed E-state index contributed by atoms with van der Waals surface area (Å²) in [6.07, 6.45) is 6.66. The number of hydrogen-bond acceptors (Lipinski definition) is 5. The van der Waals surface area contributed by atoms with E-state index in [0.29, 0.717) is 23.2 Å². The summed E-state index contributed by atoms with van der Waals surface area (Å²) in [5.41, 5.74) is 1.56. The summed E-state index contributed by atoms with van der Waals surface area (Å²) in [5, 5.41) is 12.8. The average molecular weight is 420 g/mol. The molecule has 4 heterocycles. The maximum atomic E-state index is 13.7. The third-order valence-corrected chi connectivity index (χ3v) is 6.41. The summed E-state index contributed by atoms with van der Waals surface area (Å²) in [6, 6.07) is 11.3. The van der Waals surface area contributed by atoms with Crippen molar-refractivity contribution in [3.8, 4) is 11.3 Å². The molecular formula is C23H24N4O4. The van der Waals surface area contributed by atoms with Crippen LogP contribution in [0.3, 0.4) is 0 Å². The Hall–Kier alpha value is -3.26. The van der Waals surface area contributed by atoms with Crippen molar-refractivity contribution in [2.45, 2.75) is 56.8 Å². The van der Waals surface area contributed by atoms with Crippen LogP contribution in [0.4, 0.5) is 0 Å². The quantitative estimate of drug-likeness (QED) is 0.670. The van der Waals surface area contributed by atoms with Gasteiger partial charge in [-0.2, -0.15) is 0 Å². The number of benzene rings is 1. The van der Waals surface area contributed by atoms with Crippen LogP contribution in [0.2, 0.25) is 0 Å². The maximum absolute atomic E-state index is 13.7. The van der Waals surface area contributed by atoms with E-state index in [2.05, 4.69) is 10.3 Å². The van der Waals surface area contributed by atoms with Gasteiger partial charge < -0.3 is 19.6 Å². The van der Waals surface area contributed by atoms with Gasteiger partial charge in [-0.25, -0.2) is 4.98 Å². The van der Waals surface area contributed by atoms with E-state index >= 15 is 0 Å². The number of nitrogens with one attached hydrogen (secondary N) is 1. The van der Waals surface area contributed by atoms with Gasteiger partial charge in [-0.05, 0) is 43.9 Å². The number of fused-ring (bicyclic) bond motifs is 3. The van der Waals surface area contributed by atoms with Crippen LogP contribution in [0.25, 0.3) is 22.3 Å². The number of nitrogens with zero attached hydrogens (tertiary/aromatic N) is 3. The number of hydrogen-bond donors (Lipinski definition) is 2. The van der Waals surface area contributed by atoms with Gasteiger partial charge >= 0.3 is 5.97 Å². The summed E-state index contributed by atoms with van der Waals surface area (Å²) >= 11 is 0. The van der Waals surface area contributed by atoms with Crippen LogP contribution >= 0.6 is 0 Å². The zero-order valence-corrected chi connectivity index (χ0v) is 17.0. The largest absolute Gasteiger partial charge is 0.480 e. The first-order chi connectivity index (χ1) is 15.0. The van der Waals surface area contributed by atoms with Crippen molar-refractivity contribution in [2.24, 2.45) is 0 Å². The van der Waals surface area contributed by atoms with E-state index in [1.54, 1.807) is 6.07 Å². The molecule has 2 aliphatic rings. The predicted octanol–water partition coefficient (Wildman–Crippen LogP) is 2.16. The molecule has 0 aliphatic carbocycles. The Morgan fingerprint density at radius 2 is 1.84 bits per heavy atom. The van der Waals surface area contributed by atoms with Crippen molar-refractivity contribution in [3.63, 3.8) is 0 Å². The lowest BCUT2D eigenvalue weighted by Gasteiger charge is -2.41. The molecule has 2 saturated heterocycles. The minimum atomic E-state index is -1.12. The monoisotopic (exact) mass is 420 g/mol. The molecule has 0 spiro atoms. The van der Waals surface area contributed by atoms with Gasteiger partial charge in [-0.15, -0.1) is 0 Å². The molecule has 2 N–H and O–H groups in total. The van der Waals surface area contributed by atoms with Gasteiger partial charge in [0.25, 0.3) is 11.1 Å². The van der Waals surface area contributed by atoms with E-state index in [1.807, 2.05) is 28.8 Å². The van der Waals surface area contributed by atoms with Crippen LogP contribution in [0.5, 0.6) is 0 Å². The fourth-order valence-corrected chi connectivity index (χ4v) is 5.09. The van der Waals surface area contributed by atoms with Crippen LogP contribution in [-0.4, -0.2) is 37.3 Å². The molecule has 2 aliphatic heterocycles. The molecule has 2 aromatic heterocycles. The van der Waals surface area contributed by atoms with Crippen LogP contribution in [0.15, 0.2) is 52.2 Å². The Kier molecular flexibility index (Phi) is 4.94. The first-order valence-electron chi connectivity index (χ1n) is 10.7. The molecule has 0 saturated carbocycles. The number of carbonyl (C=O) groups is 1. The predicted molar refractivity (Wildman–Crippen MR) is 116 cm³/mol. The molecule has 2 bridgehead atoms. The van der Waals surface area contributed by atoms with Crippen molar-refractivity contribution >= 4 is 17.0 Å². The highest BCUT2D eigenvalue weighted by molar-refractivity contribution is 5.78. The first kappa shape index (κ1) is 19.7. The number of para-hydroxylation sites is 2. The number of carboxylic acid groups (broad SMARTS) is 1. The Labute approximate surface area is 178 Å². The zero-order chi connectivity index (χ0) is 21.5. The summed E-state index contributed by atoms with van der Waals surface area (Å²) < 4.78 is 2.96. The standard InChI is InChI=1S/C23H24N4O4/c28-20-9-8-14(12-26(20)13-21(29)30)22-23(31)27(19-7-2-1-6-18(19)25-22)17-10-15-4-3-5-16(11-17)24-15/h1-2,6-9,12,15-17,24H,3-5,10-11,13H2,(H,29,30). The van der Waals surface area contributed by atoms with Crippen LogP contribution in [0.1, 0.15) is 38.1 Å². The van der Waals surface area contributed by atoms with E-state index < -0.39 is 18.1 Å². The molecular weight excluding hydrogens is 396 g/mol. The molecule has 31 heavy (non-hydrogen) atoms. The van der Waals surface area contributed by atoms with Gasteiger partial charge in [0.15, 0.2) is 0 Å². The Bertz CT molecular complexity index is 1270. The molecule has 0 amide bonds. The highest BCUT2D eigenvalue weighted by Gasteiger charge is 2.33. The molecule has 8 nitrogen and oxygen atoms in total. The van der Waals surface area contributed by atoms with Crippen molar-refractivity contribution in [2.75, 3.05) is 0 Å². The third kappa shape index (κ3) is 3.67. The second-order valence-corrected chi connectivity index (χ2v) is 8.52. The Morgan fingerprint density at radius 3 is 2.58 bits per heavy atom. The highest BCUT2D eigenvalue weighted by atomic mass is 16.4. The van der Waals surface area contributed by atoms with E-state index in [4.69, 9.17) is 5.11 Å². The van der Waals surface area contributed by atoms with Gasteiger partial charge in [0.05, 0.1) is 11.0 Å². The van der Waals surface area contributed by atoms with Crippen molar-refractivity contribution in [3.05, 3.63) is 63.3 Å². The molecule has 2 unspecified atom stereocenters. The number of aliphatic carboxylic acids is 1. The normalized spacial score (nSPS) is 23.0. The lowest BCUT2D eigenvalue weighted by Crippen LogP contribution is -2.50. The summed E-state index contributed by atoms with van der Waals surface area (Å²) in [4.78, 5) is 41.5. The van der Waals surface area contributed by atoms with Gasteiger partial charge in [0.2, 0.25) is 0 Å². The minimum absolute atomic E-state index is 0.0700. The van der Waals surface area contributed by atoms with Crippen molar-refractivity contribution in [1.29, 1.82) is 0 Å². The Balaban J connectivity index is 1.67. The van der Waals surface area contributed by atoms with Gasteiger partial charge in [0.1, 0.15) is 12.2 Å². The number of pyridine rings is 1. The zero-order valence-electron chi connectivity index (χ0n) is 17.0. The Morgan fingerprint density at radius 1 is 1.10 bits per heavy atom. The number of carboxylic acids is 1. The van der Waals surface area contributed by atoms with E-state index in [1.165, 1.54) is 18.7 Å². The number of rotatable bonds is 4. The summed E-state index contributed by atoms with van der Waals surface area (Å²) in [7, 11) is 0. The van der Waals surface area contributed by atoms with Crippen LogP contribution < -0.4 is 16.4 Å². The van der Waals surface area contributed by atoms with Gasteiger partial charge in [0, 0.05) is 36.0 Å². The van der Waals surface area contributed by atoms with E-state index in [0.717, 1.165) is 35.8 Å². The van der Waals surface area contributed by atoms with Crippen LogP contribution in [-0.2, 0) is 11.3 Å². The summed E-state index contributed by atoms with van der Waals surface area (Å²) in [6.45, 7) is -0.466. The van der Waals surface area contributed by atoms with Crippen LogP contribution in [0, 0.1) is 0 Å². The smallest absolute Gasteiger partial charge is 0.323 e. The minimum Gasteiger partial charge on any atom is -0.480 e. The molecule has 2 atom stereocenters. The van der Waals surface area contributed by atoms with Gasteiger partial charge in [-0.1, -0.05) is 18.6 Å². The lowest BCUT2D eigenvalue weighted by atomic mass is 9.84. The maximum Gasteiger partial charge on any atom is 0.323 e. The molecule has 5 rings (SSSR count). The average Bonchev–Trinajstić information content (AvgIpc) is 2.74. The fraction of sp³-hybridized carbons (Fsp3) is 0.391.